The Morgan fingerprint density at radius 3 is 2.47 bits per heavy atom. The van der Waals surface area contributed by atoms with E-state index >= 15 is 0 Å². The van der Waals surface area contributed by atoms with Crippen molar-refractivity contribution in [3.05, 3.63) is 11.1 Å². The SMILES string of the molecule is C=C(Br)CN=C(N)NC1CCCCCC1. The van der Waals surface area contributed by atoms with E-state index in [4.69, 9.17) is 5.73 Å². The monoisotopic (exact) mass is 273 g/mol. The second-order valence-electron chi connectivity index (χ2n) is 4.05. The van der Waals surface area contributed by atoms with Crippen LogP contribution in [-0.4, -0.2) is 18.5 Å². The van der Waals surface area contributed by atoms with Crippen molar-refractivity contribution >= 4 is 21.9 Å². The molecule has 0 spiro atoms. The third kappa shape index (κ3) is 5.82. The van der Waals surface area contributed by atoms with Gasteiger partial charge in [-0.1, -0.05) is 48.2 Å². The van der Waals surface area contributed by atoms with Crippen LogP contribution >= 0.6 is 15.9 Å². The molecule has 3 nitrogen and oxygen atoms in total. The summed E-state index contributed by atoms with van der Waals surface area (Å²) in [5, 5.41) is 3.28. The second kappa shape index (κ2) is 6.88. The summed E-state index contributed by atoms with van der Waals surface area (Å²) >= 11 is 3.26. The smallest absolute Gasteiger partial charge is 0.189 e. The molecule has 0 aliphatic heterocycles. The van der Waals surface area contributed by atoms with Gasteiger partial charge in [-0.25, -0.2) is 4.99 Å². The fraction of sp³-hybridized carbons (Fsp3) is 0.727. The van der Waals surface area contributed by atoms with Crippen LogP contribution in [0.5, 0.6) is 0 Å². The van der Waals surface area contributed by atoms with Crippen molar-refractivity contribution in [2.24, 2.45) is 10.7 Å². The molecule has 3 N–H and O–H groups in total. The third-order valence-electron chi connectivity index (χ3n) is 2.63. The van der Waals surface area contributed by atoms with Crippen LogP contribution in [-0.2, 0) is 0 Å². The van der Waals surface area contributed by atoms with Gasteiger partial charge in [0.05, 0.1) is 6.54 Å². The fourth-order valence-corrected chi connectivity index (χ4v) is 1.97. The molecule has 0 radical (unpaired) electrons. The first-order chi connectivity index (χ1) is 7.18. The van der Waals surface area contributed by atoms with Gasteiger partial charge in [0.25, 0.3) is 0 Å². The lowest BCUT2D eigenvalue weighted by molar-refractivity contribution is 0.530. The molecule has 0 aromatic carbocycles. The average Bonchev–Trinajstić information content (AvgIpc) is 2.43. The van der Waals surface area contributed by atoms with E-state index in [1.54, 1.807) is 0 Å². The molecule has 0 unspecified atom stereocenters. The first kappa shape index (κ1) is 12.6. The Kier molecular flexibility index (Phi) is 5.76. The van der Waals surface area contributed by atoms with Gasteiger partial charge in [-0.05, 0) is 12.8 Å². The molecule has 86 valence electrons. The summed E-state index contributed by atoms with van der Waals surface area (Å²) in [6.45, 7) is 4.26. The van der Waals surface area contributed by atoms with Gasteiger partial charge in [0.2, 0.25) is 0 Å². The zero-order chi connectivity index (χ0) is 11.1. The number of nitrogens with two attached hydrogens (primary N) is 1. The minimum Gasteiger partial charge on any atom is -0.370 e. The highest BCUT2D eigenvalue weighted by Gasteiger charge is 2.11. The van der Waals surface area contributed by atoms with Crippen molar-refractivity contribution in [3.63, 3.8) is 0 Å². The molecule has 1 aliphatic rings. The molecule has 1 fully saturated rings. The highest BCUT2D eigenvalue weighted by Crippen LogP contribution is 2.16. The van der Waals surface area contributed by atoms with Gasteiger partial charge in [-0.15, -0.1) is 0 Å². The Balaban J connectivity index is 2.31. The molecule has 0 aromatic rings. The van der Waals surface area contributed by atoms with Crippen molar-refractivity contribution < 1.29 is 0 Å². The van der Waals surface area contributed by atoms with Gasteiger partial charge in [0, 0.05) is 10.5 Å². The summed E-state index contributed by atoms with van der Waals surface area (Å²) in [6.07, 6.45) is 7.74. The number of aliphatic imine (C=N–C) groups is 1. The molecule has 15 heavy (non-hydrogen) atoms. The standard InChI is InChI=1S/C11H20BrN3/c1-9(12)8-14-11(13)15-10-6-4-2-3-5-7-10/h10H,1-8H2,(H3,13,14,15). The molecular formula is C11H20BrN3. The largest absolute Gasteiger partial charge is 0.370 e. The molecule has 0 saturated heterocycles. The number of hydrogen-bond donors (Lipinski definition) is 2. The summed E-state index contributed by atoms with van der Waals surface area (Å²) in [4.78, 5) is 4.19. The van der Waals surface area contributed by atoms with Crippen molar-refractivity contribution in [3.8, 4) is 0 Å². The van der Waals surface area contributed by atoms with E-state index in [1.807, 2.05) is 0 Å². The van der Waals surface area contributed by atoms with E-state index in [0.29, 0.717) is 18.5 Å². The molecule has 0 atom stereocenters. The molecule has 0 aromatic heterocycles. The van der Waals surface area contributed by atoms with Crippen LogP contribution < -0.4 is 11.1 Å². The maximum atomic E-state index is 5.78. The highest BCUT2D eigenvalue weighted by molar-refractivity contribution is 9.11. The summed E-state index contributed by atoms with van der Waals surface area (Å²) in [6, 6.07) is 0.514. The summed E-state index contributed by atoms with van der Waals surface area (Å²) < 4.78 is 0.855. The Labute approximate surface area is 100 Å². The van der Waals surface area contributed by atoms with Crippen LogP contribution in [0.3, 0.4) is 0 Å². The zero-order valence-corrected chi connectivity index (χ0v) is 10.7. The summed E-state index contributed by atoms with van der Waals surface area (Å²) in [5.41, 5.74) is 5.78. The first-order valence-electron chi connectivity index (χ1n) is 5.58. The Hall–Kier alpha value is -0.510. The minimum absolute atomic E-state index is 0.514. The molecule has 0 amide bonds. The topological polar surface area (TPSA) is 50.4 Å². The van der Waals surface area contributed by atoms with Crippen molar-refractivity contribution in [2.75, 3.05) is 6.54 Å². The Bertz CT molecular complexity index is 230. The van der Waals surface area contributed by atoms with E-state index in [1.165, 1.54) is 38.5 Å². The average molecular weight is 274 g/mol. The van der Waals surface area contributed by atoms with Crippen LogP contribution in [0.25, 0.3) is 0 Å². The van der Waals surface area contributed by atoms with E-state index in [2.05, 4.69) is 32.8 Å². The van der Waals surface area contributed by atoms with Crippen LogP contribution in [0, 0.1) is 0 Å². The number of hydrogen-bond acceptors (Lipinski definition) is 1. The van der Waals surface area contributed by atoms with Crippen LogP contribution in [0.15, 0.2) is 16.1 Å². The zero-order valence-electron chi connectivity index (χ0n) is 9.14. The lowest BCUT2D eigenvalue weighted by Crippen LogP contribution is -2.39. The fourth-order valence-electron chi connectivity index (χ4n) is 1.85. The van der Waals surface area contributed by atoms with Crippen LogP contribution in [0.2, 0.25) is 0 Å². The predicted octanol–water partition coefficient (Wildman–Crippen LogP) is 2.52. The van der Waals surface area contributed by atoms with Crippen molar-refractivity contribution in [1.82, 2.24) is 5.32 Å². The molecule has 0 heterocycles. The first-order valence-corrected chi connectivity index (χ1v) is 6.37. The summed E-state index contributed by atoms with van der Waals surface area (Å²) in [7, 11) is 0. The van der Waals surface area contributed by atoms with E-state index in [9.17, 15) is 0 Å². The molecule has 4 heteroatoms. The second-order valence-corrected chi connectivity index (χ2v) is 5.17. The van der Waals surface area contributed by atoms with E-state index in [0.717, 1.165) is 4.48 Å². The Morgan fingerprint density at radius 1 is 1.33 bits per heavy atom. The molecule has 1 aliphatic carbocycles. The number of nitrogens with zero attached hydrogens (tertiary/aromatic N) is 1. The van der Waals surface area contributed by atoms with Crippen molar-refractivity contribution in [1.29, 1.82) is 0 Å². The quantitative estimate of drug-likeness (QED) is 0.472. The molecule has 1 rings (SSSR count). The third-order valence-corrected chi connectivity index (χ3v) is 2.88. The lowest BCUT2D eigenvalue weighted by Gasteiger charge is -2.16. The predicted molar refractivity (Wildman–Crippen MR) is 69.2 cm³/mol. The molecule has 1 saturated carbocycles. The van der Waals surface area contributed by atoms with E-state index in [-0.39, 0.29) is 0 Å². The maximum Gasteiger partial charge on any atom is 0.189 e. The Morgan fingerprint density at radius 2 is 1.93 bits per heavy atom. The van der Waals surface area contributed by atoms with Gasteiger partial charge in [-0.2, -0.15) is 0 Å². The van der Waals surface area contributed by atoms with Gasteiger partial charge in [0.1, 0.15) is 0 Å². The van der Waals surface area contributed by atoms with Crippen LogP contribution in [0.1, 0.15) is 38.5 Å². The number of rotatable bonds is 3. The number of guanidine groups is 1. The summed E-state index contributed by atoms with van der Waals surface area (Å²) in [5.74, 6) is 0.544. The van der Waals surface area contributed by atoms with Gasteiger partial charge in [-0.3, -0.25) is 0 Å². The van der Waals surface area contributed by atoms with Gasteiger partial charge in [0.15, 0.2) is 5.96 Å². The number of halogens is 1. The maximum absolute atomic E-state index is 5.78. The minimum atomic E-state index is 0.514. The van der Waals surface area contributed by atoms with Crippen molar-refractivity contribution in [2.45, 2.75) is 44.6 Å². The number of nitrogens with one attached hydrogen (secondary N) is 1. The lowest BCUT2D eigenvalue weighted by atomic mass is 10.1. The van der Waals surface area contributed by atoms with Gasteiger partial charge >= 0.3 is 0 Å². The normalized spacial score (nSPS) is 19.7. The molecular weight excluding hydrogens is 254 g/mol. The van der Waals surface area contributed by atoms with Crippen LogP contribution in [0.4, 0.5) is 0 Å². The van der Waals surface area contributed by atoms with Gasteiger partial charge < -0.3 is 11.1 Å². The van der Waals surface area contributed by atoms with E-state index < -0.39 is 0 Å². The highest BCUT2D eigenvalue weighted by atomic mass is 79.9. The molecule has 0 bridgehead atoms.